The van der Waals surface area contributed by atoms with Crippen molar-refractivity contribution in [1.29, 1.82) is 0 Å². The van der Waals surface area contributed by atoms with Crippen molar-refractivity contribution in [3.63, 3.8) is 0 Å². The lowest BCUT2D eigenvalue weighted by Crippen LogP contribution is -2.15. The van der Waals surface area contributed by atoms with E-state index in [9.17, 15) is 9.59 Å². The number of unbranched alkanes of at least 4 members (excludes halogenated alkanes) is 2. The van der Waals surface area contributed by atoms with Crippen LogP contribution in [0.4, 0.5) is 0 Å². The fourth-order valence-electron chi connectivity index (χ4n) is 2.65. The second kappa shape index (κ2) is 22.7. The van der Waals surface area contributed by atoms with Gasteiger partial charge in [0.25, 0.3) is 0 Å². The van der Waals surface area contributed by atoms with Crippen molar-refractivity contribution in [2.75, 3.05) is 79.3 Å². The van der Waals surface area contributed by atoms with E-state index in [1.54, 1.807) is 24.3 Å². The topological polar surface area (TPSA) is 98.8 Å². The molecule has 1 aromatic carbocycles. The maximum absolute atomic E-state index is 11.4. The van der Waals surface area contributed by atoms with Crippen LogP contribution in [0.5, 0.6) is 5.75 Å². The monoisotopic (exact) mass is 484 g/mol. The molecule has 0 N–H and O–H groups in total. The van der Waals surface area contributed by atoms with E-state index in [0.717, 1.165) is 25.5 Å². The fraction of sp³-hybridized carbons (Fsp3) is 0.680. The van der Waals surface area contributed by atoms with Crippen LogP contribution in [0.2, 0.25) is 0 Å². The highest BCUT2D eigenvalue weighted by Gasteiger charge is 2.01. The summed E-state index contributed by atoms with van der Waals surface area (Å²) in [5.41, 5.74) is 0.618. The van der Waals surface area contributed by atoms with Crippen molar-refractivity contribution in [3.8, 4) is 5.75 Å². The zero-order valence-corrected chi connectivity index (χ0v) is 20.4. The molecule has 0 amide bonds. The zero-order valence-electron chi connectivity index (χ0n) is 20.4. The van der Waals surface area contributed by atoms with Gasteiger partial charge in [0.1, 0.15) is 25.2 Å². The quantitative estimate of drug-likeness (QED) is 0.124. The first-order chi connectivity index (χ1) is 16.8. The van der Waals surface area contributed by atoms with Gasteiger partial charge in [-0.05, 0) is 30.7 Å². The molecule has 0 spiro atoms. The molecule has 0 saturated heterocycles. The number of benzene rings is 1. The Morgan fingerprint density at radius 2 is 1.15 bits per heavy atom. The highest BCUT2D eigenvalue weighted by Crippen LogP contribution is 2.10. The molecule has 0 bridgehead atoms. The van der Waals surface area contributed by atoms with Crippen LogP contribution in [0.1, 0.15) is 43.0 Å². The van der Waals surface area contributed by atoms with E-state index in [-0.39, 0.29) is 12.6 Å². The van der Waals surface area contributed by atoms with Gasteiger partial charge in [-0.3, -0.25) is 9.59 Å². The third kappa shape index (κ3) is 18.4. The number of carbonyl (C=O) groups excluding carboxylic acids is 2. The average Bonchev–Trinajstić information content (AvgIpc) is 2.86. The highest BCUT2D eigenvalue weighted by atomic mass is 16.6. The van der Waals surface area contributed by atoms with Crippen LogP contribution >= 0.6 is 0 Å². The van der Waals surface area contributed by atoms with E-state index < -0.39 is 0 Å². The molecular formula is C25H40O9. The summed E-state index contributed by atoms with van der Waals surface area (Å²) in [7, 11) is 0. The molecule has 0 aliphatic carbocycles. The van der Waals surface area contributed by atoms with Crippen LogP contribution in [0, 0.1) is 0 Å². The van der Waals surface area contributed by atoms with E-state index in [4.69, 9.17) is 33.2 Å². The molecular weight excluding hydrogens is 444 g/mol. The first kappa shape index (κ1) is 30.0. The molecule has 34 heavy (non-hydrogen) atoms. The first-order valence-electron chi connectivity index (χ1n) is 12.0. The summed E-state index contributed by atoms with van der Waals surface area (Å²) in [6.45, 7) is 7.48. The first-order valence-corrected chi connectivity index (χ1v) is 12.0. The number of carbonyl (C=O) groups is 2. The molecule has 9 heteroatoms. The largest absolute Gasteiger partial charge is 0.491 e. The number of hydrogen-bond acceptors (Lipinski definition) is 9. The van der Waals surface area contributed by atoms with Crippen molar-refractivity contribution in [2.24, 2.45) is 0 Å². The van der Waals surface area contributed by atoms with Gasteiger partial charge in [0.15, 0.2) is 0 Å². The van der Waals surface area contributed by atoms with E-state index in [1.807, 2.05) is 0 Å². The number of ether oxygens (including phenoxy) is 7. The Morgan fingerprint density at radius 3 is 1.62 bits per heavy atom. The molecule has 0 fully saturated rings. The van der Waals surface area contributed by atoms with Crippen LogP contribution in [-0.4, -0.2) is 91.5 Å². The SMILES string of the molecule is CCCCCC(=O)OCCOCCOCCOCCOCCOCCOc1ccc(C=O)cc1. The molecule has 194 valence electrons. The van der Waals surface area contributed by atoms with Gasteiger partial charge in [-0.1, -0.05) is 19.8 Å². The maximum atomic E-state index is 11.4. The third-order valence-corrected chi connectivity index (χ3v) is 4.48. The Labute approximate surface area is 202 Å². The Hall–Kier alpha value is -2.04. The number of aldehydes is 1. The lowest BCUT2D eigenvalue weighted by atomic mass is 10.2. The van der Waals surface area contributed by atoms with Gasteiger partial charge >= 0.3 is 5.97 Å². The molecule has 0 aliphatic heterocycles. The Morgan fingerprint density at radius 1 is 0.676 bits per heavy atom. The van der Waals surface area contributed by atoms with Crippen molar-refractivity contribution in [2.45, 2.75) is 32.6 Å². The fourth-order valence-corrected chi connectivity index (χ4v) is 2.65. The normalized spacial score (nSPS) is 10.9. The van der Waals surface area contributed by atoms with Crippen LogP contribution in [-0.2, 0) is 33.2 Å². The molecule has 0 unspecified atom stereocenters. The average molecular weight is 485 g/mol. The van der Waals surface area contributed by atoms with Gasteiger partial charge in [-0.15, -0.1) is 0 Å². The summed E-state index contributed by atoms with van der Waals surface area (Å²) >= 11 is 0. The van der Waals surface area contributed by atoms with Gasteiger partial charge in [-0.25, -0.2) is 0 Å². The molecule has 9 nitrogen and oxygen atoms in total. The van der Waals surface area contributed by atoms with Crippen molar-refractivity contribution in [1.82, 2.24) is 0 Å². The predicted octanol–water partition coefficient (Wildman–Crippen LogP) is 3.08. The van der Waals surface area contributed by atoms with Gasteiger partial charge in [0.05, 0.1) is 66.1 Å². The number of hydrogen-bond donors (Lipinski definition) is 0. The minimum atomic E-state index is -0.160. The lowest BCUT2D eigenvalue weighted by molar-refractivity contribution is -0.145. The van der Waals surface area contributed by atoms with E-state index in [1.165, 1.54) is 0 Å². The molecule has 0 atom stereocenters. The maximum Gasteiger partial charge on any atom is 0.305 e. The van der Waals surface area contributed by atoms with Crippen molar-refractivity contribution >= 4 is 12.3 Å². The molecule has 0 aromatic heterocycles. The number of esters is 1. The Balaban J connectivity index is 1.72. The summed E-state index contributed by atoms with van der Waals surface area (Å²) in [4.78, 5) is 22.0. The van der Waals surface area contributed by atoms with Crippen LogP contribution in [0.25, 0.3) is 0 Å². The van der Waals surface area contributed by atoms with E-state index in [0.29, 0.717) is 90.4 Å². The van der Waals surface area contributed by atoms with Crippen LogP contribution in [0.3, 0.4) is 0 Å². The number of rotatable bonds is 24. The Kier molecular flexibility index (Phi) is 20.1. The Bertz CT molecular complexity index is 607. The molecule has 0 saturated carbocycles. The van der Waals surface area contributed by atoms with Crippen LogP contribution in [0.15, 0.2) is 24.3 Å². The summed E-state index contributed by atoms with van der Waals surface area (Å²) in [5, 5.41) is 0. The second-order valence-corrected chi connectivity index (χ2v) is 7.27. The highest BCUT2D eigenvalue weighted by molar-refractivity contribution is 5.74. The van der Waals surface area contributed by atoms with E-state index in [2.05, 4.69) is 6.92 Å². The molecule has 1 rings (SSSR count). The summed E-state index contributed by atoms with van der Waals surface area (Å²) < 4.78 is 37.6. The molecule has 0 heterocycles. The van der Waals surface area contributed by atoms with Crippen molar-refractivity contribution in [3.05, 3.63) is 29.8 Å². The molecule has 0 aliphatic rings. The van der Waals surface area contributed by atoms with Gasteiger partial charge in [0.2, 0.25) is 0 Å². The smallest absolute Gasteiger partial charge is 0.305 e. The summed E-state index contributed by atoms with van der Waals surface area (Å²) in [6.07, 6.45) is 4.29. The summed E-state index contributed by atoms with van der Waals surface area (Å²) in [5.74, 6) is 0.543. The zero-order chi connectivity index (χ0) is 24.5. The molecule has 1 aromatic rings. The van der Waals surface area contributed by atoms with Gasteiger partial charge < -0.3 is 33.2 Å². The standard InChI is InChI=1S/C25H40O9/c1-2-3-4-5-25(27)34-21-19-32-17-15-30-13-11-28-10-12-29-14-16-31-18-20-33-24-8-6-23(22-26)7-9-24/h6-9,22H,2-5,10-21H2,1H3. The van der Waals surface area contributed by atoms with Crippen LogP contribution < -0.4 is 4.74 Å². The van der Waals surface area contributed by atoms with Crippen molar-refractivity contribution < 1.29 is 42.7 Å². The van der Waals surface area contributed by atoms with Gasteiger partial charge in [-0.2, -0.15) is 0 Å². The third-order valence-electron chi connectivity index (χ3n) is 4.48. The van der Waals surface area contributed by atoms with Gasteiger partial charge in [0, 0.05) is 12.0 Å². The molecule has 0 radical (unpaired) electrons. The summed E-state index contributed by atoms with van der Waals surface area (Å²) in [6, 6.07) is 6.92. The predicted molar refractivity (Wildman–Crippen MR) is 127 cm³/mol. The minimum absolute atomic E-state index is 0.160. The lowest BCUT2D eigenvalue weighted by Gasteiger charge is -2.09. The second-order valence-electron chi connectivity index (χ2n) is 7.27. The van der Waals surface area contributed by atoms with E-state index >= 15 is 0 Å². The minimum Gasteiger partial charge on any atom is -0.491 e.